The first-order valence-corrected chi connectivity index (χ1v) is 8.83. The molecule has 1 heterocycles. The normalized spacial score (nSPS) is 12.7. The predicted molar refractivity (Wildman–Crippen MR) is 89.1 cm³/mol. The fourth-order valence-electron chi connectivity index (χ4n) is 2.17. The molecule has 1 atom stereocenters. The van der Waals surface area contributed by atoms with Gasteiger partial charge in [-0.2, -0.15) is 4.68 Å². The molecule has 0 spiro atoms. The summed E-state index contributed by atoms with van der Waals surface area (Å²) in [5.74, 6) is -0.351. The Kier molecular flexibility index (Phi) is 6.83. The molecule has 0 fully saturated rings. The number of nitrogens with one attached hydrogen (secondary N) is 1. The van der Waals surface area contributed by atoms with E-state index in [0.717, 1.165) is 36.7 Å². The van der Waals surface area contributed by atoms with Crippen molar-refractivity contribution in [3.8, 4) is 11.4 Å². The van der Waals surface area contributed by atoms with E-state index < -0.39 is 6.36 Å². The highest BCUT2D eigenvalue weighted by atomic mass is 32.2. The minimum atomic E-state index is -4.75. The SMILES string of the molecule is CCCC(C)NC(=O)CSc1nnnn1-c1ccc(OC(F)(F)F)cc1. The monoisotopic (exact) mass is 389 g/mol. The molecule has 1 aromatic carbocycles. The Bertz CT molecular complexity index is 721. The highest BCUT2D eigenvalue weighted by Crippen LogP contribution is 2.24. The molecule has 26 heavy (non-hydrogen) atoms. The topological polar surface area (TPSA) is 81.9 Å². The number of aromatic nitrogens is 4. The molecule has 11 heteroatoms. The molecule has 0 saturated carbocycles. The lowest BCUT2D eigenvalue weighted by molar-refractivity contribution is -0.274. The molecule has 0 aliphatic carbocycles. The zero-order valence-corrected chi connectivity index (χ0v) is 15.0. The lowest BCUT2D eigenvalue weighted by Crippen LogP contribution is -2.33. The van der Waals surface area contributed by atoms with Gasteiger partial charge < -0.3 is 10.1 Å². The van der Waals surface area contributed by atoms with E-state index in [4.69, 9.17) is 0 Å². The van der Waals surface area contributed by atoms with Crippen LogP contribution in [-0.4, -0.2) is 44.3 Å². The van der Waals surface area contributed by atoms with Crippen molar-refractivity contribution < 1.29 is 22.7 Å². The number of rotatable bonds is 8. The van der Waals surface area contributed by atoms with Crippen molar-refractivity contribution in [1.29, 1.82) is 0 Å². The second-order valence-electron chi connectivity index (χ2n) is 5.46. The summed E-state index contributed by atoms with van der Waals surface area (Å²) in [5.41, 5.74) is 0.451. The van der Waals surface area contributed by atoms with E-state index in [0.29, 0.717) is 10.8 Å². The number of nitrogens with zero attached hydrogens (tertiary/aromatic N) is 4. The Labute approximate surface area is 152 Å². The van der Waals surface area contributed by atoms with Gasteiger partial charge in [0.2, 0.25) is 11.1 Å². The van der Waals surface area contributed by atoms with Crippen LogP contribution in [0, 0.1) is 0 Å². The number of halogens is 3. The average Bonchev–Trinajstić information content (AvgIpc) is 3.01. The van der Waals surface area contributed by atoms with Gasteiger partial charge in [-0.15, -0.1) is 18.3 Å². The molecule has 0 aliphatic heterocycles. The summed E-state index contributed by atoms with van der Waals surface area (Å²) in [4.78, 5) is 11.9. The third kappa shape index (κ3) is 6.21. The number of tetrazole rings is 1. The van der Waals surface area contributed by atoms with Crippen LogP contribution < -0.4 is 10.1 Å². The third-order valence-corrected chi connectivity index (χ3v) is 4.14. The van der Waals surface area contributed by atoms with Crippen LogP contribution in [-0.2, 0) is 4.79 Å². The Balaban J connectivity index is 1.98. The van der Waals surface area contributed by atoms with Crippen LogP contribution in [0.3, 0.4) is 0 Å². The summed E-state index contributed by atoms with van der Waals surface area (Å²) < 4.78 is 41.7. The molecular weight excluding hydrogens is 371 g/mol. The fourth-order valence-corrected chi connectivity index (χ4v) is 2.87. The van der Waals surface area contributed by atoms with Gasteiger partial charge in [-0.1, -0.05) is 25.1 Å². The van der Waals surface area contributed by atoms with Crippen molar-refractivity contribution >= 4 is 17.7 Å². The minimum absolute atomic E-state index is 0.0882. The van der Waals surface area contributed by atoms with E-state index in [2.05, 4.69) is 25.6 Å². The van der Waals surface area contributed by atoms with Crippen molar-refractivity contribution in [2.45, 2.75) is 44.2 Å². The summed E-state index contributed by atoms with van der Waals surface area (Å²) >= 11 is 1.13. The molecule has 0 aliphatic rings. The molecule has 1 N–H and O–H groups in total. The Morgan fingerprint density at radius 2 is 2.04 bits per heavy atom. The molecule has 0 radical (unpaired) electrons. The average molecular weight is 389 g/mol. The van der Waals surface area contributed by atoms with E-state index in [-0.39, 0.29) is 23.5 Å². The van der Waals surface area contributed by atoms with Crippen molar-refractivity contribution in [2.24, 2.45) is 0 Å². The summed E-state index contributed by atoms with van der Waals surface area (Å²) in [6, 6.07) is 5.21. The predicted octanol–water partition coefficient (Wildman–Crippen LogP) is 2.96. The zero-order valence-electron chi connectivity index (χ0n) is 14.2. The first-order chi connectivity index (χ1) is 12.3. The van der Waals surface area contributed by atoms with Crippen LogP contribution in [0.1, 0.15) is 26.7 Å². The number of amides is 1. The summed E-state index contributed by atoms with van der Waals surface area (Å²) in [5, 5.41) is 14.4. The minimum Gasteiger partial charge on any atom is -0.406 e. The van der Waals surface area contributed by atoms with Gasteiger partial charge in [0.05, 0.1) is 11.4 Å². The van der Waals surface area contributed by atoms with Gasteiger partial charge >= 0.3 is 6.36 Å². The van der Waals surface area contributed by atoms with Crippen LogP contribution in [0.4, 0.5) is 13.2 Å². The molecular formula is C15H18F3N5O2S. The summed E-state index contributed by atoms with van der Waals surface area (Å²) in [6.45, 7) is 3.97. The number of hydrogen-bond acceptors (Lipinski definition) is 6. The number of carbonyl (C=O) groups excluding carboxylic acids is 1. The number of hydrogen-bond donors (Lipinski definition) is 1. The summed E-state index contributed by atoms with van der Waals surface area (Å²) in [6.07, 6.45) is -2.89. The van der Waals surface area contributed by atoms with Gasteiger partial charge in [0.25, 0.3) is 0 Å². The van der Waals surface area contributed by atoms with Crippen LogP contribution in [0.2, 0.25) is 0 Å². The van der Waals surface area contributed by atoms with E-state index in [9.17, 15) is 18.0 Å². The molecule has 142 valence electrons. The second kappa shape index (κ2) is 8.88. The summed E-state index contributed by atoms with van der Waals surface area (Å²) in [7, 11) is 0. The van der Waals surface area contributed by atoms with Crippen molar-refractivity contribution in [2.75, 3.05) is 5.75 Å². The smallest absolute Gasteiger partial charge is 0.406 e. The number of carbonyl (C=O) groups is 1. The Morgan fingerprint density at radius 1 is 1.35 bits per heavy atom. The molecule has 7 nitrogen and oxygen atoms in total. The molecule has 2 rings (SSSR count). The van der Waals surface area contributed by atoms with Crippen LogP contribution in [0.15, 0.2) is 29.4 Å². The molecule has 1 aromatic heterocycles. The van der Waals surface area contributed by atoms with Gasteiger partial charge in [-0.3, -0.25) is 4.79 Å². The van der Waals surface area contributed by atoms with Crippen LogP contribution >= 0.6 is 11.8 Å². The first-order valence-electron chi connectivity index (χ1n) is 7.85. The van der Waals surface area contributed by atoms with Gasteiger partial charge in [0.1, 0.15) is 5.75 Å². The largest absolute Gasteiger partial charge is 0.573 e. The van der Waals surface area contributed by atoms with Crippen molar-refractivity contribution in [3.63, 3.8) is 0 Å². The van der Waals surface area contributed by atoms with Crippen molar-refractivity contribution in [1.82, 2.24) is 25.5 Å². The maximum absolute atomic E-state index is 12.2. The lowest BCUT2D eigenvalue weighted by Gasteiger charge is -2.12. The van der Waals surface area contributed by atoms with Gasteiger partial charge in [-0.05, 0) is 48.0 Å². The fraction of sp³-hybridized carbons (Fsp3) is 0.467. The number of alkyl halides is 3. The van der Waals surface area contributed by atoms with E-state index in [1.807, 2.05) is 13.8 Å². The maximum atomic E-state index is 12.2. The highest BCUT2D eigenvalue weighted by Gasteiger charge is 2.31. The molecule has 0 saturated heterocycles. The van der Waals surface area contributed by atoms with Crippen LogP contribution in [0.25, 0.3) is 5.69 Å². The Morgan fingerprint density at radius 3 is 2.65 bits per heavy atom. The quantitative estimate of drug-likeness (QED) is 0.699. The van der Waals surface area contributed by atoms with Crippen LogP contribution in [0.5, 0.6) is 5.75 Å². The first kappa shape index (κ1) is 20.0. The van der Waals surface area contributed by atoms with Gasteiger partial charge in [0, 0.05) is 6.04 Å². The third-order valence-electron chi connectivity index (χ3n) is 3.22. The molecule has 1 unspecified atom stereocenters. The van der Waals surface area contributed by atoms with E-state index in [1.165, 1.54) is 16.8 Å². The lowest BCUT2D eigenvalue weighted by atomic mass is 10.2. The van der Waals surface area contributed by atoms with Crippen molar-refractivity contribution in [3.05, 3.63) is 24.3 Å². The number of ether oxygens (including phenoxy) is 1. The van der Waals surface area contributed by atoms with Gasteiger partial charge in [-0.25, -0.2) is 0 Å². The zero-order chi connectivity index (χ0) is 19.2. The van der Waals surface area contributed by atoms with E-state index >= 15 is 0 Å². The van der Waals surface area contributed by atoms with E-state index in [1.54, 1.807) is 0 Å². The maximum Gasteiger partial charge on any atom is 0.573 e. The number of thioether (sulfide) groups is 1. The van der Waals surface area contributed by atoms with Gasteiger partial charge in [0.15, 0.2) is 0 Å². The Hall–Kier alpha value is -2.30. The molecule has 1 amide bonds. The molecule has 2 aromatic rings. The highest BCUT2D eigenvalue weighted by molar-refractivity contribution is 7.99. The number of benzene rings is 1. The second-order valence-corrected chi connectivity index (χ2v) is 6.40. The standard InChI is InChI=1S/C15H18F3N5O2S/c1-3-4-10(2)19-13(24)9-26-14-20-21-22-23(14)11-5-7-12(8-6-11)25-15(16,17)18/h5-8,10H,3-4,9H2,1-2H3,(H,19,24). The molecule has 0 bridgehead atoms.